The van der Waals surface area contributed by atoms with Gasteiger partial charge in [0, 0.05) is 12.6 Å². The molecule has 21 heavy (non-hydrogen) atoms. The second-order valence-corrected chi connectivity index (χ2v) is 4.25. The lowest BCUT2D eigenvalue weighted by atomic mass is 10.2. The number of carbonyl (C=O) groups is 1. The van der Waals surface area contributed by atoms with Gasteiger partial charge in [0.1, 0.15) is 5.82 Å². The van der Waals surface area contributed by atoms with Crippen molar-refractivity contribution in [1.29, 1.82) is 0 Å². The number of nitrogens with zero attached hydrogens (tertiary/aromatic N) is 1. The summed E-state index contributed by atoms with van der Waals surface area (Å²) in [6, 6.07) is 11.5. The van der Waals surface area contributed by atoms with Crippen LogP contribution in [-0.4, -0.2) is 11.0 Å². The van der Waals surface area contributed by atoms with Gasteiger partial charge in [0.25, 0.3) is 5.69 Å². The summed E-state index contributed by atoms with van der Waals surface area (Å²) in [5.41, 5.74) is 0.499. The van der Waals surface area contributed by atoms with Gasteiger partial charge < -0.3 is 10.6 Å². The number of rotatable bonds is 4. The molecule has 2 rings (SSSR count). The zero-order valence-electron chi connectivity index (χ0n) is 10.9. The Kier molecular flexibility index (Phi) is 4.45. The fourth-order valence-corrected chi connectivity index (χ4v) is 1.71. The maximum atomic E-state index is 13.2. The Hall–Kier alpha value is -2.96. The van der Waals surface area contributed by atoms with Crippen LogP contribution in [0.1, 0.15) is 5.56 Å². The van der Waals surface area contributed by atoms with Crippen molar-refractivity contribution in [2.45, 2.75) is 6.54 Å². The standard InChI is InChI=1S/C14H12FN3O3/c15-11-6-12(8-13(7-11)18(20)21)17-14(19)16-9-10-4-2-1-3-5-10/h1-8H,9H2,(H2,16,17,19). The van der Waals surface area contributed by atoms with Gasteiger partial charge in [0.15, 0.2) is 0 Å². The second kappa shape index (κ2) is 6.47. The van der Waals surface area contributed by atoms with Gasteiger partial charge in [-0.3, -0.25) is 10.1 Å². The first-order chi connectivity index (χ1) is 10.0. The van der Waals surface area contributed by atoms with Crippen LogP contribution in [0.15, 0.2) is 48.5 Å². The molecule has 2 aromatic rings. The zero-order chi connectivity index (χ0) is 15.2. The number of hydrogen-bond acceptors (Lipinski definition) is 3. The number of nitrogens with one attached hydrogen (secondary N) is 2. The predicted molar refractivity (Wildman–Crippen MR) is 75.4 cm³/mol. The molecule has 0 aliphatic rings. The van der Waals surface area contributed by atoms with Gasteiger partial charge in [-0.15, -0.1) is 0 Å². The zero-order valence-corrected chi connectivity index (χ0v) is 10.9. The molecule has 0 radical (unpaired) electrons. The van der Waals surface area contributed by atoms with Crippen LogP contribution in [0.4, 0.5) is 20.6 Å². The molecule has 0 bridgehead atoms. The van der Waals surface area contributed by atoms with Crippen molar-refractivity contribution in [3.05, 3.63) is 70.0 Å². The maximum absolute atomic E-state index is 13.2. The number of amides is 2. The third-order valence-corrected chi connectivity index (χ3v) is 2.65. The Morgan fingerprint density at radius 2 is 1.90 bits per heavy atom. The molecule has 108 valence electrons. The van der Waals surface area contributed by atoms with E-state index in [9.17, 15) is 19.3 Å². The number of non-ortho nitro benzene ring substituents is 1. The summed E-state index contributed by atoms with van der Waals surface area (Å²) in [7, 11) is 0. The molecule has 0 unspecified atom stereocenters. The molecule has 0 aliphatic carbocycles. The number of halogens is 1. The predicted octanol–water partition coefficient (Wildman–Crippen LogP) is 3.06. The number of nitro groups is 1. The van der Waals surface area contributed by atoms with Crippen LogP contribution in [0.25, 0.3) is 0 Å². The van der Waals surface area contributed by atoms with Crippen LogP contribution in [0.5, 0.6) is 0 Å². The molecule has 7 heteroatoms. The minimum atomic E-state index is -0.789. The van der Waals surface area contributed by atoms with Crippen LogP contribution in [0, 0.1) is 15.9 Å². The van der Waals surface area contributed by atoms with Crippen LogP contribution in [0.3, 0.4) is 0 Å². The molecule has 0 spiro atoms. The molecular formula is C14H12FN3O3. The SMILES string of the molecule is O=C(NCc1ccccc1)Nc1cc(F)cc([N+](=O)[O-])c1. The monoisotopic (exact) mass is 289 g/mol. The Bertz CT molecular complexity index is 662. The minimum Gasteiger partial charge on any atom is -0.334 e. The van der Waals surface area contributed by atoms with Gasteiger partial charge >= 0.3 is 6.03 Å². The van der Waals surface area contributed by atoms with E-state index in [1.165, 1.54) is 0 Å². The van der Waals surface area contributed by atoms with E-state index in [1.807, 2.05) is 30.3 Å². The molecule has 2 aromatic carbocycles. The van der Waals surface area contributed by atoms with Crippen LogP contribution in [-0.2, 0) is 6.54 Å². The average molecular weight is 289 g/mol. The normalized spacial score (nSPS) is 9.95. The van der Waals surface area contributed by atoms with E-state index >= 15 is 0 Å². The highest BCUT2D eigenvalue weighted by molar-refractivity contribution is 5.89. The van der Waals surface area contributed by atoms with E-state index in [1.54, 1.807) is 0 Å². The van der Waals surface area contributed by atoms with E-state index in [-0.39, 0.29) is 5.69 Å². The number of carbonyl (C=O) groups excluding carboxylic acids is 1. The van der Waals surface area contributed by atoms with Gasteiger partial charge in [-0.05, 0) is 11.6 Å². The van der Waals surface area contributed by atoms with Crippen LogP contribution < -0.4 is 10.6 Å². The minimum absolute atomic E-state index is 0.0206. The van der Waals surface area contributed by atoms with Crippen molar-refractivity contribution in [3.8, 4) is 0 Å². The number of anilines is 1. The average Bonchev–Trinajstić information content (AvgIpc) is 2.45. The molecule has 0 saturated heterocycles. The quantitative estimate of drug-likeness (QED) is 0.670. The topological polar surface area (TPSA) is 84.3 Å². The van der Waals surface area contributed by atoms with E-state index in [4.69, 9.17) is 0 Å². The largest absolute Gasteiger partial charge is 0.334 e. The van der Waals surface area contributed by atoms with Crippen molar-refractivity contribution in [2.75, 3.05) is 5.32 Å². The smallest absolute Gasteiger partial charge is 0.319 e. The second-order valence-electron chi connectivity index (χ2n) is 4.25. The summed E-state index contributed by atoms with van der Waals surface area (Å²) in [5.74, 6) is -0.789. The van der Waals surface area contributed by atoms with Crippen LogP contribution in [0.2, 0.25) is 0 Å². The molecule has 0 saturated carbocycles. The summed E-state index contributed by atoms with van der Waals surface area (Å²) in [6.07, 6.45) is 0. The fraction of sp³-hybridized carbons (Fsp3) is 0.0714. The first-order valence-electron chi connectivity index (χ1n) is 6.08. The Morgan fingerprint density at radius 1 is 1.19 bits per heavy atom. The Labute approximate surface area is 119 Å². The summed E-state index contributed by atoms with van der Waals surface area (Å²) in [6.45, 7) is 0.296. The highest BCUT2D eigenvalue weighted by atomic mass is 19.1. The molecule has 6 nitrogen and oxygen atoms in total. The highest BCUT2D eigenvalue weighted by Gasteiger charge is 2.11. The summed E-state index contributed by atoms with van der Waals surface area (Å²) in [5, 5.41) is 15.5. The molecule has 0 aromatic heterocycles. The third-order valence-electron chi connectivity index (χ3n) is 2.65. The molecule has 0 atom stereocenters. The summed E-state index contributed by atoms with van der Waals surface area (Å²) in [4.78, 5) is 21.6. The summed E-state index contributed by atoms with van der Waals surface area (Å²) < 4.78 is 13.2. The van der Waals surface area contributed by atoms with Crippen molar-refractivity contribution in [3.63, 3.8) is 0 Å². The van der Waals surface area contributed by atoms with Crippen molar-refractivity contribution in [1.82, 2.24) is 5.32 Å². The first kappa shape index (κ1) is 14.4. The van der Waals surface area contributed by atoms with E-state index in [2.05, 4.69) is 10.6 Å². The van der Waals surface area contributed by atoms with Crippen molar-refractivity contribution >= 4 is 17.4 Å². The Morgan fingerprint density at radius 3 is 2.57 bits per heavy atom. The lowest BCUT2D eigenvalue weighted by Gasteiger charge is -2.07. The first-order valence-corrected chi connectivity index (χ1v) is 6.08. The molecule has 0 heterocycles. The van der Waals surface area contributed by atoms with E-state index < -0.39 is 22.5 Å². The number of benzene rings is 2. The lowest BCUT2D eigenvalue weighted by molar-refractivity contribution is -0.385. The Balaban J connectivity index is 1.98. The molecular weight excluding hydrogens is 277 g/mol. The number of hydrogen-bond donors (Lipinski definition) is 2. The maximum Gasteiger partial charge on any atom is 0.319 e. The third kappa shape index (κ3) is 4.27. The molecule has 2 N–H and O–H groups in total. The van der Waals surface area contributed by atoms with E-state index in [0.29, 0.717) is 6.54 Å². The fourth-order valence-electron chi connectivity index (χ4n) is 1.71. The molecule has 2 amide bonds. The van der Waals surface area contributed by atoms with Crippen molar-refractivity contribution < 1.29 is 14.1 Å². The van der Waals surface area contributed by atoms with Gasteiger partial charge in [0.2, 0.25) is 0 Å². The summed E-state index contributed by atoms with van der Waals surface area (Å²) >= 11 is 0. The molecule has 0 fully saturated rings. The highest BCUT2D eigenvalue weighted by Crippen LogP contribution is 2.19. The van der Waals surface area contributed by atoms with E-state index in [0.717, 1.165) is 23.8 Å². The number of urea groups is 1. The molecule has 0 aliphatic heterocycles. The van der Waals surface area contributed by atoms with Crippen LogP contribution >= 0.6 is 0 Å². The van der Waals surface area contributed by atoms with Gasteiger partial charge in [0.05, 0.1) is 16.7 Å². The lowest BCUT2D eigenvalue weighted by Crippen LogP contribution is -2.28. The van der Waals surface area contributed by atoms with Gasteiger partial charge in [-0.1, -0.05) is 30.3 Å². The number of nitro benzene ring substituents is 1. The van der Waals surface area contributed by atoms with Gasteiger partial charge in [-0.2, -0.15) is 0 Å². The van der Waals surface area contributed by atoms with Gasteiger partial charge in [-0.25, -0.2) is 9.18 Å². The van der Waals surface area contributed by atoms with Crippen molar-refractivity contribution in [2.24, 2.45) is 0 Å².